The second kappa shape index (κ2) is 7.07. The minimum absolute atomic E-state index is 0.192. The first-order valence-electron chi connectivity index (χ1n) is 7.21. The normalized spacial score (nSPS) is 22.7. The molecule has 2 rings (SSSR count). The van der Waals surface area contributed by atoms with Gasteiger partial charge in [-0.3, -0.25) is 14.6 Å². The van der Waals surface area contributed by atoms with Gasteiger partial charge < -0.3 is 11.1 Å². The van der Waals surface area contributed by atoms with Gasteiger partial charge in [-0.25, -0.2) is 0 Å². The predicted octanol–water partition coefficient (Wildman–Crippen LogP) is -0.378. The van der Waals surface area contributed by atoms with Crippen LogP contribution in [-0.2, 0) is 4.79 Å². The van der Waals surface area contributed by atoms with Crippen LogP contribution in [0.25, 0.3) is 0 Å². The number of hydrogen-bond acceptors (Lipinski definition) is 4. The Morgan fingerprint density at radius 2 is 1.94 bits per heavy atom. The van der Waals surface area contributed by atoms with Gasteiger partial charge in [0.1, 0.15) is 0 Å². The van der Waals surface area contributed by atoms with Crippen LogP contribution < -0.4 is 11.1 Å². The van der Waals surface area contributed by atoms with Gasteiger partial charge in [0.25, 0.3) is 0 Å². The second-order valence-electron chi connectivity index (χ2n) is 5.47. The lowest BCUT2D eigenvalue weighted by Crippen LogP contribution is -2.48. The maximum absolute atomic E-state index is 11.2. The Bertz CT molecular complexity index is 260. The molecule has 0 unspecified atom stereocenters. The summed E-state index contributed by atoms with van der Waals surface area (Å²) >= 11 is 0. The Morgan fingerprint density at radius 1 is 1.28 bits per heavy atom. The van der Waals surface area contributed by atoms with Gasteiger partial charge in [0.2, 0.25) is 5.91 Å². The van der Waals surface area contributed by atoms with E-state index < -0.39 is 0 Å². The summed E-state index contributed by atoms with van der Waals surface area (Å²) in [6.45, 7) is 6.87. The van der Waals surface area contributed by atoms with Crippen LogP contribution in [0.4, 0.5) is 0 Å². The quantitative estimate of drug-likeness (QED) is 0.678. The third-order valence-electron chi connectivity index (χ3n) is 4.11. The zero-order valence-electron chi connectivity index (χ0n) is 11.2. The monoisotopic (exact) mass is 254 g/mol. The van der Waals surface area contributed by atoms with E-state index in [0.717, 1.165) is 39.3 Å². The highest BCUT2D eigenvalue weighted by molar-refractivity contribution is 5.75. The zero-order chi connectivity index (χ0) is 12.8. The third kappa shape index (κ3) is 4.23. The maximum Gasteiger partial charge on any atom is 0.231 e. The summed E-state index contributed by atoms with van der Waals surface area (Å²) < 4.78 is 0. The van der Waals surface area contributed by atoms with Crippen LogP contribution in [0, 0.1) is 0 Å². The van der Waals surface area contributed by atoms with Crippen LogP contribution in [-0.4, -0.2) is 67.6 Å². The van der Waals surface area contributed by atoms with Gasteiger partial charge in [-0.05, 0) is 12.8 Å². The van der Waals surface area contributed by atoms with Gasteiger partial charge in [0.15, 0.2) is 0 Å². The van der Waals surface area contributed by atoms with Crippen molar-refractivity contribution in [1.82, 2.24) is 15.1 Å². The highest BCUT2D eigenvalue weighted by atomic mass is 16.1. The number of nitrogens with two attached hydrogens (primary N) is 1. The molecular weight excluding hydrogens is 228 g/mol. The molecule has 18 heavy (non-hydrogen) atoms. The van der Waals surface area contributed by atoms with Crippen molar-refractivity contribution >= 4 is 5.91 Å². The van der Waals surface area contributed by atoms with Crippen LogP contribution in [0.3, 0.4) is 0 Å². The number of carbonyl (C=O) groups excluding carboxylic acids is 1. The number of carbonyl (C=O) groups is 1. The molecule has 0 atom stereocenters. The fourth-order valence-corrected chi connectivity index (χ4v) is 3.06. The number of nitrogens with one attached hydrogen (secondary N) is 1. The molecule has 5 heteroatoms. The lowest BCUT2D eigenvalue weighted by atomic mass is 10.2. The SMILES string of the molecule is NC(=O)CN(CCN1CCNCC1)C1CCCC1. The van der Waals surface area contributed by atoms with Crippen molar-refractivity contribution in [3.63, 3.8) is 0 Å². The summed E-state index contributed by atoms with van der Waals surface area (Å²) in [7, 11) is 0. The minimum atomic E-state index is -0.192. The average molecular weight is 254 g/mol. The Kier molecular flexibility index (Phi) is 5.41. The van der Waals surface area contributed by atoms with Crippen LogP contribution >= 0.6 is 0 Å². The summed E-state index contributed by atoms with van der Waals surface area (Å²) in [6, 6.07) is 0.584. The Labute approximate surface area is 110 Å². The maximum atomic E-state index is 11.2. The van der Waals surface area contributed by atoms with E-state index in [2.05, 4.69) is 15.1 Å². The first-order chi connectivity index (χ1) is 8.75. The first kappa shape index (κ1) is 13.8. The molecule has 3 N–H and O–H groups in total. The molecule has 1 aliphatic carbocycles. The largest absolute Gasteiger partial charge is 0.369 e. The van der Waals surface area contributed by atoms with E-state index >= 15 is 0 Å². The molecule has 1 saturated heterocycles. The van der Waals surface area contributed by atoms with Gasteiger partial charge in [-0.15, -0.1) is 0 Å². The lowest BCUT2D eigenvalue weighted by Gasteiger charge is -2.32. The average Bonchev–Trinajstić information content (AvgIpc) is 2.89. The zero-order valence-corrected chi connectivity index (χ0v) is 11.2. The molecule has 1 amide bonds. The van der Waals surface area contributed by atoms with Gasteiger partial charge >= 0.3 is 0 Å². The molecule has 5 nitrogen and oxygen atoms in total. The van der Waals surface area contributed by atoms with Crippen molar-refractivity contribution < 1.29 is 4.79 Å². The van der Waals surface area contributed by atoms with Crippen molar-refractivity contribution in [2.75, 3.05) is 45.8 Å². The van der Waals surface area contributed by atoms with Gasteiger partial charge in [-0.2, -0.15) is 0 Å². The number of rotatable bonds is 6. The van der Waals surface area contributed by atoms with Crippen molar-refractivity contribution in [3.8, 4) is 0 Å². The van der Waals surface area contributed by atoms with E-state index in [1.54, 1.807) is 0 Å². The first-order valence-corrected chi connectivity index (χ1v) is 7.21. The Morgan fingerprint density at radius 3 is 2.56 bits per heavy atom. The summed E-state index contributed by atoms with van der Waals surface area (Å²) in [5.41, 5.74) is 5.37. The topological polar surface area (TPSA) is 61.6 Å². The van der Waals surface area contributed by atoms with Crippen LogP contribution in [0.15, 0.2) is 0 Å². The molecule has 0 aromatic rings. The van der Waals surface area contributed by atoms with Gasteiger partial charge in [0.05, 0.1) is 6.54 Å². The van der Waals surface area contributed by atoms with Crippen molar-refractivity contribution in [1.29, 1.82) is 0 Å². The number of piperazine rings is 1. The summed E-state index contributed by atoms with van der Waals surface area (Å²) in [6.07, 6.45) is 5.06. The van der Waals surface area contributed by atoms with E-state index in [0.29, 0.717) is 12.6 Å². The Balaban J connectivity index is 1.78. The summed E-state index contributed by atoms with van der Waals surface area (Å²) in [4.78, 5) is 15.9. The van der Waals surface area contributed by atoms with Crippen molar-refractivity contribution in [2.45, 2.75) is 31.7 Å². The van der Waals surface area contributed by atoms with Crippen LogP contribution in [0.1, 0.15) is 25.7 Å². The predicted molar refractivity (Wildman–Crippen MR) is 72.3 cm³/mol. The molecule has 0 bridgehead atoms. The second-order valence-corrected chi connectivity index (χ2v) is 5.47. The molecule has 0 radical (unpaired) electrons. The summed E-state index contributed by atoms with van der Waals surface area (Å²) in [5.74, 6) is -0.192. The third-order valence-corrected chi connectivity index (χ3v) is 4.11. The van der Waals surface area contributed by atoms with Crippen molar-refractivity contribution in [2.24, 2.45) is 5.73 Å². The van der Waals surface area contributed by atoms with Gasteiger partial charge in [-0.1, -0.05) is 12.8 Å². The molecule has 2 fully saturated rings. The van der Waals surface area contributed by atoms with Crippen LogP contribution in [0.5, 0.6) is 0 Å². The van der Waals surface area contributed by atoms with E-state index in [4.69, 9.17) is 5.73 Å². The highest BCUT2D eigenvalue weighted by Crippen LogP contribution is 2.23. The lowest BCUT2D eigenvalue weighted by molar-refractivity contribution is -0.119. The number of hydrogen-bond donors (Lipinski definition) is 2. The number of amides is 1. The van der Waals surface area contributed by atoms with E-state index in [9.17, 15) is 4.79 Å². The van der Waals surface area contributed by atoms with Crippen molar-refractivity contribution in [3.05, 3.63) is 0 Å². The molecule has 1 heterocycles. The van der Waals surface area contributed by atoms with Crippen LogP contribution in [0.2, 0.25) is 0 Å². The molecule has 1 saturated carbocycles. The van der Waals surface area contributed by atoms with E-state index in [1.165, 1.54) is 25.7 Å². The molecule has 0 aromatic heterocycles. The van der Waals surface area contributed by atoms with Gasteiger partial charge in [0, 0.05) is 45.3 Å². The Hall–Kier alpha value is -0.650. The summed E-state index contributed by atoms with van der Waals surface area (Å²) in [5, 5.41) is 3.36. The molecular formula is C13H26N4O. The molecule has 1 aliphatic heterocycles. The fraction of sp³-hybridized carbons (Fsp3) is 0.923. The van der Waals surface area contributed by atoms with E-state index in [1.807, 2.05) is 0 Å². The fourth-order valence-electron chi connectivity index (χ4n) is 3.06. The minimum Gasteiger partial charge on any atom is -0.369 e. The standard InChI is InChI=1S/C13H26N4O/c14-13(18)11-17(12-3-1-2-4-12)10-9-16-7-5-15-6-8-16/h12,15H,1-11H2,(H2,14,18). The smallest absolute Gasteiger partial charge is 0.231 e. The van der Waals surface area contributed by atoms with E-state index in [-0.39, 0.29) is 5.91 Å². The number of primary amides is 1. The number of nitrogens with zero attached hydrogens (tertiary/aromatic N) is 2. The highest BCUT2D eigenvalue weighted by Gasteiger charge is 2.24. The molecule has 0 spiro atoms. The molecule has 104 valence electrons. The molecule has 2 aliphatic rings. The molecule has 0 aromatic carbocycles.